The van der Waals surface area contributed by atoms with Gasteiger partial charge in [0.05, 0.1) is 12.8 Å². The molecule has 1 amide bonds. The highest BCUT2D eigenvalue weighted by molar-refractivity contribution is 5.97. The van der Waals surface area contributed by atoms with E-state index in [-0.39, 0.29) is 11.9 Å². The van der Waals surface area contributed by atoms with Crippen LogP contribution in [0, 0.1) is 13.8 Å². The maximum Gasteiger partial charge on any atom is 0.246 e. The number of hydrogen-bond acceptors (Lipinski definition) is 3. The molecule has 0 bridgehead atoms. The van der Waals surface area contributed by atoms with Crippen molar-refractivity contribution in [3.05, 3.63) is 53.6 Å². The van der Waals surface area contributed by atoms with Gasteiger partial charge in [0, 0.05) is 5.69 Å². The molecule has 0 saturated carbocycles. The van der Waals surface area contributed by atoms with E-state index in [0.717, 1.165) is 16.9 Å². The van der Waals surface area contributed by atoms with Gasteiger partial charge in [-0.3, -0.25) is 4.79 Å². The maximum absolute atomic E-state index is 12.3. The fraction of sp³-hybridized carbons (Fsp3) is 0.278. The normalized spacial score (nSPS) is 11.6. The van der Waals surface area contributed by atoms with Crippen LogP contribution in [0.1, 0.15) is 18.1 Å². The lowest BCUT2D eigenvalue weighted by Gasteiger charge is -2.18. The number of benzene rings is 2. The molecule has 116 valence electrons. The van der Waals surface area contributed by atoms with E-state index in [1.165, 1.54) is 5.56 Å². The van der Waals surface area contributed by atoms with Crippen LogP contribution in [0.2, 0.25) is 0 Å². The van der Waals surface area contributed by atoms with Crippen LogP contribution >= 0.6 is 0 Å². The van der Waals surface area contributed by atoms with Gasteiger partial charge in [0.1, 0.15) is 11.8 Å². The molecule has 2 rings (SSSR count). The Labute approximate surface area is 131 Å². The first-order valence-corrected chi connectivity index (χ1v) is 7.29. The van der Waals surface area contributed by atoms with E-state index < -0.39 is 0 Å². The zero-order chi connectivity index (χ0) is 16.1. The lowest BCUT2D eigenvalue weighted by molar-refractivity contribution is -0.116. The summed E-state index contributed by atoms with van der Waals surface area (Å²) in [5.74, 6) is 0.631. The van der Waals surface area contributed by atoms with Crippen molar-refractivity contribution in [2.24, 2.45) is 0 Å². The number of ether oxygens (including phenoxy) is 1. The zero-order valence-electron chi connectivity index (χ0n) is 13.4. The van der Waals surface area contributed by atoms with Gasteiger partial charge in [-0.15, -0.1) is 0 Å². The number of methoxy groups -OCH3 is 1. The van der Waals surface area contributed by atoms with Gasteiger partial charge in [-0.2, -0.15) is 0 Å². The van der Waals surface area contributed by atoms with E-state index in [0.29, 0.717) is 5.75 Å². The van der Waals surface area contributed by atoms with E-state index in [9.17, 15) is 4.79 Å². The third-order valence-corrected chi connectivity index (χ3v) is 3.51. The number of aryl methyl sites for hydroxylation is 2. The Morgan fingerprint density at radius 2 is 1.82 bits per heavy atom. The zero-order valence-corrected chi connectivity index (χ0v) is 13.4. The fourth-order valence-electron chi connectivity index (χ4n) is 2.26. The third kappa shape index (κ3) is 3.79. The molecular weight excluding hydrogens is 276 g/mol. The molecule has 0 radical (unpaired) electrons. The summed E-state index contributed by atoms with van der Waals surface area (Å²) in [7, 11) is 1.61. The quantitative estimate of drug-likeness (QED) is 0.884. The summed E-state index contributed by atoms with van der Waals surface area (Å²) < 4.78 is 5.28. The highest BCUT2D eigenvalue weighted by atomic mass is 16.5. The number of anilines is 2. The summed E-state index contributed by atoms with van der Waals surface area (Å²) in [6.07, 6.45) is 0. The van der Waals surface area contributed by atoms with Crippen LogP contribution in [0.15, 0.2) is 42.5 Å². The highest BCUT2D eigenvalue weighted by Crippen LogP contribution is 2.24. The molecule has 0 fully saturated rings. The van der Waals surface area contributed by atoms with Crippen molar-refractivity contribution < 1.29 is 9.53 Å². The van der Waals surface area contributed by atoms with Crippen LogP contribution in [-0.4, -0.2) is 19.1 Å². The van der Waals surface area contributed by atoms with Crippen molar-refractivity contribution in [3.63, 3.8) is 0 Å². The van der Waals surface area contributed by atoms with Gasteiger partial charge < -0.3 is 15.4 Å². The lowest BCUT2D eigenvalue weighted by Crippen LogP contribution is -2.32. The number of amides is 1. The molecule has 22 heavy (non-hydrogen) atoms. The smallest absolute Gasteiger partial charge is 0.246 e. The van der Waals surface area contributed by atoms with E-state index in [1.54, 1.807) is 7.11 Å². The molecule has 2 aromatic carbocycles. The van der Waals surface area contributed by atoms with Gasteiger partial charge in [0.2, 0.25) is 5.91 Å². The Morgan fingerprint density at radius 3 is 2.50 bits per heavy atom. The molecule has 2 aromatic rings. The first-order chi connectivity index (χ1) is 10.5. The molecule has 0 aliphatic rings. The van der Waals surface area contributed by atoms with Crippen molar-refractivity contribution in [1.82, 2.24) is 0 Å². The standard InChI is InChI=1S/C18H22N2O2/c1-12-9-10-15(13(2)11-12)20-18(21)14(3)19-16-7-5-6-8-17(16)22-4/h5-11,14,19H,1-4H3,(H,20,21). The van der Waals surface area contributed by atoms with Crippen molar-refractivity contribution in [1.29, 1.82) is 0 Å². The summed E-state index contributed by atoms with van der Waals surface area (Å²) in [6.45, 7) is 5.84. The molecule has 0 saturated heterocycles. The van der Waals surface area contributed by atoms with Gasteiger partial charge in [-0.25, -0.2) is 0 Å². The van der Waals surface area contributed by atoms with Gasteiger partial charge in [-0.05, 0) is 44.5 Å². The summed E-state index contributed by atoms with van der Waals surface area (Å²) >= 11 is 0. The Balaban J connectivity index is 2.06. The fourth-order valence-corrected chi connectivity index (χ4v) is 2.26. The van der Waals surface area contributed by atoms with Gasteiger partial charge >= 0.3 is 0 Å². The monoisotopic (exact) mass is 298 g/mol. The summed E-state index contributed by atoms with van der Waals surface area (Å²) in [4.78, 5) is 12.3. The van der Waals surface area contributed by atoms with Crippen LogP contribution in [0.5, 0.6) is 5.75 Å². The summed E-state index contributed by atoms with van der Waals surface area (Å²) in [5.41, 5.74) is 3.87. The average Bonchev–Trinajstić information content (AvgIpc) is 2.50. The minimum absolute atomic E-state index is 0.0853. The molecule has 0 aliphatic carbocycles. The Hall–Kier alpha value is -2.49. The summed E-state index contributed by atoms with van der Waals surface area (Å²) in [5, 5.41) is 6.13. The van der Waals surface area contributed by atoms with Crippen LogP contribution in [0.25, 0.3) is 0 Å². The maximum atomic E-state index is 12.3. The molecule has 0 spiro atoms. The number of para-hydroxylation sites is 2. The van der Waals surface area contributed by atoms with Crippen molar-refractivity contribution in [2.75, 3.05) is 17.7 Å². The number of rotatable bonds is 5. The van der Waals surface area contributed by atoms with E-state index in [4.69, 9.17) is 4.74 Å². The molecule has 0 aromatic heterocycles. The van der Waals surface area contributed by atoms with E-state index in [2.05, 4.69) is 10.6 Å². The molecule has 2 N–H and O–H groups in total. The second-order valence-corrected chi connectivity index (χ2v) is 5.37. The minimum Gasteiger partial charge on any atom is -0.495 e. The minimum atomic E-state index is -0.378. The Bertz CT molecular complexity index is 668. The first kappa shape index (κ1) is 15.9. The van der Waals surface area contributed by atoms with Gasteiger partial charge in [-0.1, -0.05) is 29.8 Å². The third-order valence-electron chi connectivity index (χ3n) is 3.51. The molecule has 0 aliphatic heterocycles. The Kier molecular flexibility index (Phi) is 5.04. The predicted molar refractivity (Wildman–Crippen MR) is 90.6 cm³/mol. The predicted octanol–water partition coefficient (Wildman–Crippen LogP) is 3.75. The highest BCUT2D eigenvalue weighted by Gasteiger charge is 2.15. The second-order valence-electron chi connectivity index (χ2n) is 5.37. The van der Waals surface area contributed by atoms with Crippen LogP contribution in [-0.2, 0) is 4.79 Å². The van der Waals surface area contributed by atoms with Crippen LogP contribution in [0.4, 0.5) is 11.4 Å². The van der Waals surface area contributed by atoms with Crippen molar-refractivity contribution in [2.45, 2.75) is 26.8 Å². The first-order valence-electron chi connectivity index (χ1n) is 7.29. The number of carbonyl (C=O) groups is 1. The van der Waals surface area contributed by atoms with Gasteiger partial charge in [0.15, 0.2) is 0 Å². The Morgan fingerprint density at radius 1 is 1.09 bits per heavy atom. The molecule has 0 heterocycles. The van der Waals surface area contributed by atoms with Crippen LogP contribution < -0.4 is 15.4 Å². The molecule has 1 unspecified atom stereocenters. The topological polar surface area (TPSA) is 50.4 Å². The van der Waals surface area contributed by atoms with Gasteiger partial charge in [0.25, 0.3) is 0 Å². The van der Waals surface area contributed by atoms with E-state index in [1.807, 2.05) is 63.2 Å². The molecular formula is C18H22N2O2. The second kappa shape index (κ2) is 6.98. The average molecular weight is 298 g/mol. The molecule has 4 nitrogen and oxygen atoms in total. The number of nitrogens with one attached hydrogen (secondary N) is 2. The van der Waals surface area contributed by atoms with Crippen molar-refractivity contribution in [3.8, 4) is 5.75 Å². The largest absolute Gasteiger partial charge is 0.495 e. The SMILES string of the molecule is COc1ccccc1NC(C)C(=O)Nc1ccc(C)cc1C. The molecule has 4 heteroatoms. The lowest BCUT2D eigenvalue weighted by atomic mass is 10.1. The van der Waals surface area contributed by atoms with Crippen molar-refractivity contribution >= 4 is 17.3 Å². The number of hydrogen-bond donors (Lipinski definition) is 2. The summed E-state index contributed by atoms with van der Waals surface area (Å²) in [6, 6.07) is 13.1. The number of carbonyl (C=O) groups excluding carboxylic acids is 1. The van der Waals surface area contributed by atoms with E-state index >= 15 is 0 Å². The molecule has 1 atom stereocenters. The van der Waals surface area contributed by atoms with Crippen LogP contribution in [0.3, 0.4) is 0 Å².